The summed E-state index contributed by atoms with van der Waals surface area (Å²) in [6.45, 7) is 2.64. The number of nitrogens with one attached hydrogen (secondary N) is 1. The van der Waals surface area contributed by atoms with Crippen LogP contribution in [0.4, 0.5) is 0 Å². The van der Waals surface area contributed by atoms with Crippen LogP contribution in [-0.2, 0) is 14.8 Å². The van der Waals surface area contributed by atoms with Crippen molar-refractivity contribution in [3.63, 3.8) is 0 Å². The van der Waals surface area contributed by atoms with Gasteiger partial charge in [-0.05, 0) is 12.5 Å². The van der Waals surface area contributed by atoms with E-state index in [-0.39, 0.29) is 23.3 Å². The first-order chi connectivity index (χ1) is 11.3. The van der Waals surface area contributed by atoms with Crippen LogP contribution >= 0.6 is 11.3 Å². The Morgan fingerprint density at radius 2 is 2.12 bits per heavy atom. The first kappa shape index (κ1) is 18.9. The average molecular weight is 374 g/mol. The lowest BCUT2D eigenvalue weighted by atomic mass is 10.1. The molecule has 0 saturated carbocycles. The molecule has 0 bridgehead atoms. The first-order valence-corrected chi connectivity index (χ1v) is 10.2. The van der Waals surface area contributed by atoms with E-state index in [2.05, 4.69) is 5.32 Å². The molecule has 24 heavy (non-hydrogen) atoms. The molecule has 2 amide bonds. The lowest BCUT2D eigenvalue weighted by molar-refractivity contribution is -0.137. The van der Waals surface area contributed by atoms with Crippen LogP contribution in [0.1, 0.15) is 35.9 Å². The van der Waals surface area contributed by atoms with E-state index < -0.39 is 16.1 Å². The summed E-state index contributed by atoms with van der Waals surface area (Å²) >= 11 is 1.08. The van der Waals surface area contributed by atoms with Gasteiger partial charge in [-0.15, -0.1) is 11.3 Å². The number of carbonyl (C=O) groups is 2. The minimum atomic E-state index is -3.80. The number of amides is 2. The summed E-state index contributed by atoms with van der Waals surface area (Å²) in [5.41, 5.74) is 0. The number of rotatable bonds is 6. The zero-order valence-electron chi connectivity index (χ0n) is 14.1. The van der Waals surface area contributed by atoms with Gasteiger partial charge in [-0.3, -0.25) is 9.59 Å². The van der Waals surface area contributed by atoms with Crippen molar-refractivity contribution in [3.8, 4) is 0 Å². The Morgan fingerprint density at radius 3 is 2.75 bits per heavy atom. The smallest absolute Gasteiger partial charge is 0.261 e. The van der Waals surface area contributed by atoms with Crippen molar-refractivity contribution in [3.05, 3.63) is 16.3 Å². The second-order valence-corrected chi connectivity index (χ2v) is 8.56. The summed E-state index contributed by atoms with van der Waals surface area (Å²) in [7, 11) is -0.612. The van der Waals surface area contributed by atoms with Gasteiger partial charge in [-0.1, -0.05) is 19.8 Å². The van der Waals surface area contributed by atoms with Gasteiger partial charge in [0.2, 0.25) is 15.9 Å². The average Bonchev–Trinajstić information content (AvgIpc) is 3.06. The fourth-order valence-corrected chi connectivity index (χ4v) is 5.49. The van der Waals surface area contributed by atoms with Crippen LogP contribution in [0.5, 0.6) is 0 Å². The lowest BCUT2D eigenvalue weighted by Crippen LogP contribution is -2.57. The van der Waals surface area contributed by atoms with Crippen molar-refractivity contribution >= 4 is 33.2 Å². The molecular weight excluding hydrogens is 350 g/mol. The molecule has 1 fully saturated rings. The topological polar surface area (TPSA) is 86.8 Å². The van der Waals surface area contributed by atoms with Crippen molar-refractivity contribution in [2.45, 2.75) is 37.1 Å². The van der Waals surface area contributed by atoms with Gasteiger partial charge in [-0.2, -0.15) is 4.31 Å². The fraction of sp³-hybridized carbons (Fsp3) is 0.600. The van der Waals surface area contributed by atoms with E-state index in [1.54, 1.807) is 11.9 Å². The zero-order chi connectivity index (χ0) is 17.9. The summed E-state index contributed by atoms with van der Waals surface area (Å²) in [5.74, 6) is -0.488. The third kappa shape index (κ3) is 3.62. The molecule has 1 atom stereocenters. The van der Waals surface area contributed by atoms with Gasteiger partial charge in [0, 0.05) is 32.6 Å². The molecule has 1 saturated heterocycles. The highest BCUT2D eigenvalue weighted by molar-refractivity contribution is 7.89. The van der Waals surface area contributed by atoms with Crippen LogP contribution in [0.3, 0.4) is 0 Å². The Labute approximate surface area is 146 Å². The Kier molecular flexibility index (Phi) is 6.00. The monoisotopic (exact) mass is 373 g/mol. The van der Waals surface area contributed by atoms with Crippen molar-refractivity contribution in [1.82, 2.24) is 14.5 Å². The zero-order valence-corrected chi connectivity index (χ0v) is 15.7. The standard InChI is InChI=1S/C15H23N3O4S2/c1-4-5-6-12-15(20)17(3)7-8-18(12)24(21,22)11-9-13(23-10-11)14(19)16-2/h9-10,12H,4-8H2,1-3H3,(H,16,19)/t12-/m1/s1. The third-order valence-corrected chi connectivity index (χ3v) is 7.09. The first-order valence-electron chi connectivity index (χ1n) is 7.90. The number of piperazine rings is 1. The number of hydrogen-bond acceptors (Lipinski definition) is 5. The second-order valence-electron chi connectivity index (χ2n) is 5.76. The minimum absolute atomic E-state index is 0.0740. The Balaban J connectivity index is 2.33. The predicted molar refractivity (Wildman–Crippen MR) is 92.6 cm³/mol. The molecule has 1 aliphatic rings. The largest absolute Gasteiger partial charge is 0.354 e. The van der Waals surface area contributed by atoms with Gasteiger partial charge in [0.25, 0.3) is 5.91 Å². The van der Waals surface area contributed by atoms with Crippen molar-refractivity contribution in [2.24, 2.45) is 0 Å². The maximum absolute atomic E-state index is 13.0. The number of unbranched alkanes of at least 4 members (excludes halogenated alkanes) is 1. The molecule has 1 aromatic heterocycles. The third-order valence-electron chi connectivity index (χ3n) is 4.13. The Bertz CT molecular complexity index is 714. The van der Waals surface area contributed by atoms with Crippen LogP contribution < -0.4 is 5.32 Å². The summed E-state index contributed by atoms with van der Waals surface area (Å²) in [6.07, 6.45) is 2.18. The number of sulfonamides is 1. The molecule has 0 radical (unpaired) electrons. The Hall–Kier alpha value is -1.45. The summed E-state index contributed by atoms with van der Waals surface area (Å²) in [4.78, 5) is 26.1. The summed E-state index contributed by atoms with van der Waals surface area (Å²) in [6, 6.07) is 0.704. The molecule has 7 nitrogen and oxygen atoms in total. The molecule has 0 aromatic carbocycles. The minimum Gasteiger partial charge on any atom is -0.354 e. The molecule has 2 rings (SSSR count). The van der Waals surface area contributed by atoms with Gasteiger partial charge in [0.15, 0.2) is 0 Å². The number of thiophene rings is 1. The van der Waals surface area contributed by atoms with Gasteiger partial charge >= 0.3 is 0 Å². The number of likely N-dealkylation sites (N-methyl/N-ethyl adjacent to an activating group) is 1. The number of carbonyl (C=O) groups excluding carboxylic acids is 2. The quantitative estimate of drug-likeness (QED) is 0.810. The lowest BCUT2D eigenvalue weighted by Gasteiger charge is -2.38. The highest BCUT2D eigenvalue weighted by Gasteiger charge is 2.40. The highest BCUT2D eigenvalue weighted by atomic mass is 32.2. The molecule has 134 valence electrons. The number of hydrogen-bond donors (Lipinski definition) is 1. The predicted octanol–water partition coefficient (Wildman–Crippen LogP) is 1.13. The van der Waals surface area contributed by atoms with E-state index in [1.807, 2.05) is 6.92 Å². The van der Waals surface area contributed by atoms with Crippen molar-refractivity contribution < 1.29 is 18.0 Å². The van der Waals surface area contributed by atoms with Crippen LogP contribution in [0.25, 0.3) is 0 Å². The SMILES string of the molecule is CCCC[C@@H]1C(=O)N(C)CCN1S(=O)(=O)c1csc(C(=O)NC)c1. The molecule has 0 unspecified atom stereocenters. The van der Waals surface area contributed by atoms with Crippen LogP contribution in [-0.4, -0.2) is 62.7 Å². The second kappa shape index (κ2) is 7.62. The van der Waals surface area contributed by atoms with Gasteiger partial charge in [-0.25, -0.2) is 8.42 Å². The summed E-state index contributed by atoms with van der Waals surface area (Å²) in [5, 5.41) is 3.94. The molecule has 9 heteroatoms. The van der Waals surface area contributed by atoms with E-state index in [1.165, 1.54) is 22.8 Å². The van der Waals surface area contributed by atoms with Crippen molar-refractivity contribution in [1.29, 1.82) is 0 Å². The molecule has 0 spiro atoms. The van der Waals surface area contributed by atoms with Gasteiger partial charge in [0.05, 0.1) is 9.77 Å². The van der Waals surface area contributed by atoms with E-state index in [9.17, 15) is 18.0 Å². The van der Waals surface area contributed by atoms with E-state index in [0.29, 0.717) is 17.8 Å². The molecule has 1 aliphatic heterocycles. The van der Waals surface area contributed by atoms with Gasteiger partial charge < -0.3 is 10.2 Å². The fourth-order valence-electron chi connectivity index (χ4n) is 2.68. The van der Waals surface area contributed by atoms with E-state index in [4.69, 9.17) is 0 Å². The normalized spacial score (nSPS) is 19.5. The highest BCUT2D eigenvalue weighted by Crippen LogP contribution is 2.27. The van der Waals surface area contributed by atoms with E-state index >= 15 is 0 Å². The maximum Gasteiger partial charge on any atom is 0.261 e. The summed E-state index contributed by atoms with van der Waals surface area (Å²) < 4.78 is 27.2. The van der Waals surface area contributed by atoms with Crippen LogP contribution in [0.15, 0.2) is 16.3 Å². The molecule has 1 aromatic rings. The van der Waals surface area contributed by atoms with Crippen molar-refractivity contribution in [2.75, 3.05) is 27.2 Å². The maximum atomic E-state index is 13.0. The molecule has 1 N–H and O–H groups in total. The van der Waals surface area contributed by atoms with Gasteiger partial charge in [0.1, 0.15) is 6.04 Å². The van der Waals surface area contributed by atoms with Crippen LogP contribution in [0.2, 0.25) is 0 Å². The molecule has 0 aliphatic carbocycles. The Morgan fingerprint density at radius 1 is 1.42 bits per heavy atom. The molecule has 2 heterocycles. The molecular formula is C15H23N3O4S2. The number of nitrogens with zero attached hydrogens (tertiary/aromatic N) is 2. The van der Waals surface area contributed by atoms with Crippen LogP contribution in [0, 0.1) is 0 Å². The van der Waals surface area contributed by atoms with E-state index in [0.717, 1.165) is 24.2 Å².